The van der Waals surface area contributed by atoms with Gasteiger partial charge < -0.3 is 14.6 Å². The topological polar surface area (TPSA) is 56.2 Å². The molecule has 0 bridgehead atoms. The number of carbonyl (C=O) groups is 1. The van der Waals surface area contributed by atoms with E-state index in [1.54, 1.807) is 6.33 Å². The van der Waals surface area contributed by atoms with Crippen LogP contribution in [0.3, 0.4) is 0 Å². The number of rotatable bonds is 3. The number of fused-ring (bicyclic) bond motifs is 1. The summed E-state index contributed by atoms with van der Waals surface area (Å²) in [5.41, 5.74) is 4.16. The standard InChI is InChI=1S/C20H18BrN3O2/c1-13-9-15(7-8-16(13)21)23-20(25)19-17-11-26-18(10-24(17)12-22-19)14-5-3-2-4-6-14/h2-9,12,18H,10-11H2,1H3,(H,23,25)/t18-/m1/s1. The van der Waals surface area contributed by atoms with Gasteiger partial charge in [0.1, 0.15) is 6.10 Å². The number of imidazole rings is 1. The summed E-state index contributed by atoms with van der Waals surface area (Å²) in [7, 11) is 0. The molecule has 0 saturated heterocycles. The molecule has 0 spiro atoms. The summed E-state index contributed by atoms with van der Waals surface area (Å²) >= 11 is 3.46. The zero-order valence-corrected chi connectivity index (χ0v) is 15.9. The van der Waals surface area contributed by atoms with Gasteiger partial charge in [0.25, 0.3) is 5.91 Å². The molecule has 0 aliphatic carbocycles. The van der Waals surface area contributed by atoms with Crippen molar-refractivity contribution < 1.29 is 9.53 Å². The van der Waals surface area contributed by atoms with E-state index < -0.39 is 0 Å². The highest BCUT2D eigenvalue weighted by Gasteiger charge is 2.26. The third kappa shape index (κ3) is 3.30. The molecule has 0 saturated carbocycles. The Hall–Kier alpha value is -2.44. The Morgan fingerprint density at radius 3 is 2.85 bits per heavy atom. The van der Waals surface area contributed by atoms with Gasteiger partial charge in [-0.15, -0.1) is 0 Å². The lowest BCUT2D eigenvalue weighted by molar-refractivity contribution is 0.00265. The van der Waals surface area contributed by atoms with Crippen molar-refractivity contribution in [3.05, 3.63) is 81.8 Å². The lowest BCUT2D eigenvalue weighted by atomic mass is 10.1. The quantitative estimate of drug-likeness (QED) is 0.690. The van der Waals surface area contributed by atoms with Crippen LogP contribution in [0.15, 0.2) is 59.3 Å². The first kappa shape index (κ1) is 17.0. The van der Waals surface area contributed by atoms with E-state index in [0.717, 1.165) is 27.0 Å². The van der Waals surface area contributed by atoms with E-state index in [9.17, 15) is 4.79 Å². The summed E-state index contributed by atoms with van der Waals surface area (Å²) in [6.07, 6.45) is 1.69. The van der Waals surface area contributed by atoms with E-state index in [1.807, 2.05) is 47.9 Å². The molecule has 1 aliphatic rings. The smallest absolute Gasteiger partial charge is 0.276 e. The van der Waals surface area contributed by atoms with Crippen molar-refractivity contribution in [1.29, 1.82) is 0 Å². The highest BCUT2D eigenvalue weighted by molar-refractivity contribution is 9.10. The Morgan fingerprint density at radius 1 is 1.27 bits per heavy atom. The molecular formula is C20H18BrN3O2. The number of aryl methyl sites for hydroxylation is 1. The van der Waals surface area contributed by atoms with Gasteiger partial charge in [-0.3, -0.25) is 4.79 Å². The molecule has 3 aromatic rings. The molecule has 1 atom stereocenters. The molecule has 1 aromatic heterocycles. The number of benzene rings is 2. The number of halogens is 1. The fourth-order valence-corrected chi connectivity index (χ4v) is 3.35. The van der Waals surface area contributed by atoms with Crippen molar-refractivity contribution in [1.82, 2.24) is 9.55 Å². The summed E-state index contributed by atoms with van der Waals surface area (Å²) in [6.45, 7) is 2.99. The number of hydrogen-bond acceptors (Lipinski definition) is 3. The third-order valence-electron chi connectivity index (χ3n) is 4.53. The van der Waals surface area contributed by atoms with Crippen molar-refractivity contribution in [3.8, 4) is 0 Å². The van der Waals surface area contributed by atoms with Crippen molar-refractivity contribution in [2.24, 2.45) is 0 Å². The molecule has 2 heterocycles. The lowest BCUT2D eigenvalue weighted by Crippen LogP contribution is -2.23. The summed E-state index contributed by atoms with van der Waals surface area (Å²) < 4.78 is 8.99. The summed E-state index contributed by atoms with van der Waals surface area (Å²) in [6, 6.07) is 15.8. The van der Waals surface area contributed by atoms with Gasteiger partial charge in [0.15, 0.2) is 5.69 Å². The predicted molar refractivity (Wildman–Crippen MR) is 103 cm³/mol. The lowest BCUT2D eigenvalue weighted by Gasteiger charge is -2.25. The molecule has 132 valence electrons. The van der Waals surface area contributed by atoms with Gasteiger partial charge in [0.2, 0.25) is 0 Å². The summed E-state index contributed by atoms with van der Waals surface area (Å²) in [5, 5.41) is 2.91. The SMILES string of the molecule is Cc1cc(NC(=O)c2ncn3c2CO[C@@H](c2ccccc2)C3)ccc1Br. The first-order valence-electron chi connectivity index (χ1n) is 8.40. The highest BCUT2D eigenvalue weighted by atomic mass is 79.9. The van der Waals surface area contributed by atoms with Gasteiger partial charge >= 0.3 is 0 Å². The van der Waals surface area contributed by atoms with Crippen molar-refractivity contribution >= 4 is 27.5 Å². The van der Waals surface area contributed by atoms with Crippen LogP contribution in [0.4, 0.5) is 5.69 Å². The third-order valence-corrected chi connectivity index (χ3v) is 5.42. The first-order valence-corrected chi connectivity index (χ1v) is 9.19. The molecule has 26 heavy (non-hydrogen) atoms. The van der Waals surface area contributed by atoms with Crippen LogP contribution < -0.4 is 5.32 Å². The summed E-state index contributed by atoms with van der Waals surface area (Å²) in [5.74, 6) is -0.220. The number of hydrogen-bond donors (Lipinski definition) is 1. The van der Waals surface area contributed by atoms with Crippen molar-refractivity contribution in [3.63, 3.8) is 0 Å². The molecule has 0 radical (unpaired) electrons. The maximum atomic E-state index is 12.6. The van der Waals surface area contributed by atoms with Gasteiger partial charge in [-0.1, -0.05) is 46.3 Å². The molecule has 0 fully saturated rings. The summed E-state index contributed by atoms with van der Waals surface area (Å²) in [4.78, 5) is 17.0. The van der Waals surface area contributed by atoms with Crippen LogP contribution >= 0.6 is 15.9 Å². The van der Waals surface area contributed by atoms with Crippen molar-refractivity contribution in [2.75, 3.05) is 5.32 Å². The van der Waals surface area contributed by atoms with E-state index in [-0.39, 0.29) is 12.0 Å². The van der Waals surface area contributed by atoms with E-state index in [1.165, 1.54) is 0 Å². The highest BCUT2D eigenvalue weighted by Crippen LogP contribution is 2.28. The molecule has 4 rings (SSSR count). The monoisotopic (exact) mass is 411 g/mol. The molecule has 6 heteroatoms. The number of carbonyl (C=O) groups excluding carboxylic acids is 1. The second kappa shape index (κ2) is 7.05. The molecule has 2 aromatic carbocycles. The first-order chi connectivity index (χ1) is 12.6. The van der Waals surface area contributed by atoms with Crippen molar-refractivity contribution in [2.45, 2.75) is 26.2 Å². The average molecular weight is 412 g/mol. The van der Waals surface area contributed by atoms with E-state index in [0.29, 0.717) is 18.8 Å². The van der Waals surface area contributed by atoms with Crippen LogP contribution in [-0.4, -0.2) is 15.5 Å². The number of ether oxygens (including phenoxy) is 1. The Morgan fingerprint density at radius 2 is 2.08 bits per heavy atom. The molecular weight excluding hydrogens is 394 g/mol. The Bertz CT molecular complexity index is 953. The van der Waals surface area contributed by atoms with Gasteiger partial charge in [-0.2, -0.15) is 0 Å². The van der Waals surface area contributed by atoms with Crippen LogP contribution in [0.1, 0.15) is 33.4 Å². The van der Waals surface area contributed by atoms with E-state index in [4.69, 9.17) is 4.74 Å². The molecule has 1 N–H and O–H groups in total. The Kier molecular flexibility index (Phi) is 4.61. The number of anilines is 1. The van der Waals surface area contributed by atoms with E-state index in [2.05, 4.69) is 38.4 Å². The van der Waals surface area contributed by atoms with Crippen LogP contribution in [0.25, 0.3) is 0 Å². The number of aromatic nitrogens is 2. The minimum Gasteiger partial charge on any atom is -0.365 e. The zero-order chi connectivity index (χ0) is 18.1. The van der Waals surface area contributed by atoms with Gasteiger partial charge in [0.05, 0.1) is 25.2 Å². The largest absolute Gasteiger partial charge is 0.365 e. The fraction of sp³-hybridized carbons (Fsp3) is 0.200. The Balaban J connectivity index is 1.52. The van der Waals surface area contributed by atoms with Crippen LogP contribution in [-0.2, 0) is 17.9 Å². The van der Waals surface area contributed by atoms with Gasteiger partial charge in [0, 0.05) is 10.2 Å². The second-order valence-corrected chi connectivity index (χ2v) is 7.17. The normalized spacial score (nSPS) is 16.2. The number of nitrogens with zero attached hydrogens (tertiary/aromatic N) is 2. The van der Waals surface area contributed by atoms with E-state index >= 15 is 0 Å². The predicted octanol–water partition coefficient (Wildman–Crippen LogP) is 4.48. The molecule has 1 amide bonds. The average Bonchev–Trinajstić information content (AvgIpc) is 3.09. The minimum absolute atomic E-state index is 0.0251. The molecule has 5 nitrogen and oxygen atoms in total. The minimum atomic E-state index is -0.220. The zero-order valence-electron chi connectivity index (χ0n) is 14.3. The van der Waals surface area contributed by atoms with Crippen LogP contribution in [0, 0.1) is 6.92 Å². The number of nitrogens with one attached hydrogen (secondary N) is 1. The van der Waals surface area contributed by atoms with Gasteiger partial charge in [-0.25, -0.2) is 4.98 Å². The second-order valence-electron chi connectivity index (χ2n) is 6.32. The Labute approximate surface area is 160 Å². The van der Waals surface area contributed by atoms with Crippen LogP contribution in [0.5, 0.6) is 0 Å². The van der Waals surface area contributed by atoms with Crippen LogP contribution in [0.2, 0.25) is 0 Å². The maximum absolute atomic E-state index is 12.6. The molecule has 1 aliphatic heterocycles. The fourth-order valence-electron chi connectivity index (χ4n) is 3.10. The van der Waals surface area contributed by atoms with Gasteiger partial charge in [-0.05, 0) is 36.2 Å². The maximum Gasteiger partial charge on any atom is 0.276 e. The number of amides is 1. The molecule has 0 unspecified atom stereocenters.